The molecule has 1 aromatic rings. The Morgan fingerprint density at radius 2 is 1.89 bits per heavy atom. The lowest BCUT2D eigenvalue weighted by atomic mass is 10.1. The highest BCUT2D eigenvalue weighted by molar-refractivity contribution is 5.56. The number of nitrogens with one attached hydrogen (secondary N) is 1. The third kappa shape index (κ3) is 3.63. The van der Waals surface area contributed by atoms with Crippen LogP contribution in [0.15, 0.2) is 18.2 Å². The summed E-state index contributed by atoms with van der Waals surface area (Å²) in [6.07, 6.45) is 2.47. The molecular formula is C16H26N2O. The zero-order valence-electron chi connectivity index (χ0n) is 12.4. The Morgan fingerprint density at radius 1 is 1.21 bits per heavy atom. The molecule has 106 valence electrons. The summed E-state index contributed by atoms with van der Waals surface area (Å²) >= 11 is 0. The molecule has 0 saturated carbocycles. The quantitative estimate of drug-likeness (QED) is 0.883. The first kappa shape index (κ1) is 14.2. The van der Waals surface area contributed by atoms with Crippen LogP contribution in [0.4, 0.5) is 5.69 Å². The van der Waals surface area contributed by atoms with Gasteiger partial charge in [0, 0.05) is 31.9 Å². The van der Waals surface area contributed by atoms with Gasteiger partial charge in [-0.25, -0.2) is 0 Å². The highest BCUT2D eigenvalue weighted by Crippen LogP contribution is 2.26. The van der Waals surface area contributed by atoms with E-state index in [0.717, 1.165) is 44.8 Å². The van der Waals surface area contributed by atoms with E-state index in [-0.39, 0.29) is 0 Å². The lowest BCUT2D eigenvalue weighted by Gasteiger charge is -2.31. The summed E-state index contributed by atoms with van der Waals surface area (Å²) in [7, 11) is 0. The van der Waals surface area contributed by atoms with Crippen molar-refractivity contribution in [1.29, 1.82) is 0 Å². The van der Waals surface area contributed by atoms with Crippen molar-refractivity contribution >= 4 is 5.69 Å². The molecule has 1 heterocycles. The summed E-state index contributed by atoms with van der Waals surface area (Å²) in [5, 5.41) is 3.39. The molecule has 1 aliphatic rings. The average molecular weight is 262 g/mol. The van der Waals surface area contributed by atoms with Crippen molar-refractivity contribution in [1.82, 2.24) is 5.32 Å². The highest BCUT2D eigenvalue weighted by Gasteiger charge is 2.13. The average Bonchev–Trinajstić information content (AvgIpc) is 2.46. The van der Waals surface area contributed by atoms with Crippen LogP contribution in [0.5, 0.6) is 5.75 Å². The Kier molecular flexibility index (Phi) is 5.08. The van der Waals surface area contributed by atoms with Crippen molar-refractivity contribution in [3.8, 4) is 5.75 Å². The maximum atomic E-state index is 6.01. The predicted molar refractivity (Wildman–Crippen MR) is 81.3 cm³/mol. The zero-order chi connectivity index (χ0) is 13.7. The van der Waals surface area contributed by atoms with Crippen molar-refractivity contribution in [3.63, 3.8) is 0 Å². The van der Waals surface area contributed by atoms with Gasteiger partial charge in [0.2, 0.25) is 0 Å². The van der Waals surface area contributed by atoms with Crippen molar-refractivity contribution in [2.45, 2.75) is 39.7 Å². The second kappa shape index (κ2) is 6.80. The van der Waals surface area contributed by atoms with Gasteiger partial charge in [0.1, 0.15) is 5.75 Å². The van der Waals surface area contributed by atoms with Crippen LogP contribution >= 0.6 is 0 Å². The van der Waals surface area contributed by atoms with Crippen LogP contribution in [0.2, 0.25) is 0 Å². The number of rotatable bonds is 5. The minimum atomic E-state index is 0.337. The fourth-order valence-electron chi connectivity index (χ4n) is 2.61. The molecule has 19 heavy (non-hydrogen) atoms. The molecule has 1 aromatic carbocycles. The van der Waals surface area contributed by atoms with Gasteiger partial charge in [0.15, 0.2) is 0 Å². The normalized spacial score (nSPS) is 15.9. The van der Waals surface area contributed by atoms with Crippen molar-refractivity contribution in [2.75, 3.05) is 31.1 Å². The van der Waals surface area contributed by atoms with Crippen LogP contribution in [-0.2, 0) is 0 Å². The standard InChI is InChI=1S/C16H26N2O/c1-4-14(5-2)19-15-6-7-16(13(3)12-15)18-10-8-17-9-11-18/h6-7,12,14,17H,4-5,8-11H2,1-3H3. The fraction of sp³-hybridized carbons (Fsp3) is 0.625. The van der Waals surface area contributed by atoms with Crippen LogP contribution < -0.4 is 15.0 Å². The van der Waals surface area contributed by atoms with Gasteiger partial charge in [0.05, 0.1) is 6.10 Å². The Bertz CT molecular complexity index is 396. The Hall–Kier alpha value is -1.22. The number of piperazine rings is 1. The van der Waals surface area contributed by atoms with Gasteiger partial charge in [-0.1, -0.05) is 13.8 Å². The van der Waals surface area contributed by atoms with E-state index in [4.69, 9.17) is 4.74 Å². The number of ether oxygens (including phenoxy) is 1. The Labute approximate surface area is 116 Å². The van der Waals surface area contributed by atoms with Gasteiger partial charge in [-0.15, -0.1) is 0 Å². The van der Waals surface area contributed by atoms with E-state index >= 15 is 0 Å². The molecule has 0 amide bonds. The first-order chi connectivity index (χ1) is 9.24. The summed E-state index contributed by atoms with van der Waals surface area (Å²) in [4.78, 5) is 2.45. The molecule has 0 unspecified atom stereocenters. The fourth-order valence-corrected chi connectivity index (χ4v) is 2.61. The van der Waals surface area contributed by atoms with Gasteiger partial charge < -0.3 is 15.0 Å². The third-order valence-corrected chi connectivity index (χ3v) is 3.84. The molecule has 0 radical (unpaired) electrons. The monoisotopic (exact) mass is 262 g/mol. The van der Waals surface area contributed by atoms with Crippen molar-refractivity contribution in [3.05, 3.63) is 23.8 Å². The number of hydrogen-bond donors (Lipinski definition) is 1. The molecule has 1 fully saturated rings. The molecule has 0 aromatic heterocycles. The summed E-state index contributed by atoms with van der Waals surface area (Å²) < 4.78 is 6.01. The number of aryl methyl sites for hydroxylation is 1. The summed E-state index contributed by atoms with van der Waals surface area (Å²) in [6, 6.07) is 6.50. The molecule has 0 spiro atoms. The number of hydrogen-bond acceptors (Lipinski definition) is 3. The minimum absolute atomic E-state index is 0.337. The largest absolute Gasteiger partial charge is 0.490 e. The van der Waals surface area contributed by atoms with E-state index in [2.05, 4.69) is 49.2 Å². The number of anilines is 1. The zero-order valence-corrected chi connectivity index (χ0v) is 12.4. The molecule has 2 rings (SSSR count). The van der Waals surface area contributed by atoms with E-state index in [0.29, 0.717) is 6.10 Å². The molecule has 0 bridgehead atoms. The van der Waals surface area contributed by atoms with Gasteiger partial charge >= 0.3 is 0 Å². The topological polar surface area (TPSA) is 24.5 Å². The van der Waals surface area contributed by atoms with Crippen LogP contribution in [-0.4, -0.2) is 32.3 Å². The molecule has 0 aliphatic carbocycles. The van der Waals surface area contributed by atoms with E-state index in [1.807, 2.05) is 0 Å². The van der Waals surface area contributed by atoms with Crippen LogP contribution in [0.25, 0.3) is 0 Å². The molecule has 1 aliphatic heterocycles. The molecule has 1 N–H and O–H groups in total. The van der Waals surface area contributed by atoms with E-state index < -0.39 is 0 Å². The van der Waals surface area contributed by atoms with E-state index in [1.165, 1.54) is 11.3 Å². The Morgan fingerprint density at radius 3 is 2.47 bits per heavy atom. The molecule has 3 nitrogen and oxygen atoms in total. The first-order valence-corrected chi connectivity index (χ1v) is 7.47. The number of benzene rings is 1. The van der Waals surface area contributed by atoms with Gasteiger partial charge in [-0.2, -0.15) is 0 Å². The van der Waals surface area contributed by atoms with Gasteiger partial charge in [-0.05, 0) is 43.5 Å². The summed E-state index contributed by atoms with van der Waals surface area (Å²) in [5.74, 6) is 1.00. The lowest BCUT2D eigenvalue weighted by Crippen LogP contribution is -2.43. The maximum absolute atomic E-state index is 6.01. The second-order valence-electron chi connectivity index (χ2n) is 5.24. The third-order valence-electron chi connectivity index (χ3n) is 3.84. The molecule has 1 saturated heterocycles. The van der Waals surface area contributed by atoms with E-state index in [1.54, 1.807) is 0 Å². The molecule has 0 atom stereocenters. The summed E-state index contributed by atoms with van der Waals surface area (Å²) in [5.41, 5.74) is 2.66. The SMILES string of the molecule is CCC(CC)Oc1ccc(N2CCNCC2)c(C)c1. The van der Waals surface area contributed by atoms with Gasteiger partial charge in [-0.3, -0.25) is 0 Å². The smallest absolute Gasteiger partial charge is 0.120 e. The predicted octanol–water partition coefficient (Wildman–Crippen LogP) is 2.97. The minimum Gasteiger partial charge on any atom is -0.490 e. The number of nitrogens with zero attached hydrogens (tertiary/aromatic N) is 1. The molecular weight excluding hydrogens is 236 g/mol. The van der Waals surface area contributed by atoms with Gasteiger partial charge in [0.25, 0.3) is 0 Å². The van der Waals surface area contributed by atoms with Crippen LogP contribution in [0.1, 0.15) is 32.3 Å². The van der Waals surface area contributed by atoms with Crippen molar-refractivity contribution in [2.24, 2.45) is 0 Å². The highest BCUT2D eigenvalue weighted by atomic mass is 16.5. The van der Waals surface area contributed by atoms with Crippen LogP contribution in [0, 0.1) is 6.92 Å². The maximum Gasteiger partial charge on any atom is 0.120 e. The lowest BCUT2D eigenvalue weighted by molar-refractivity contribution is 0.193. The first-order valence-electron chi connectivity index (χ1n) is 7.47. The molecule has 3 heteroatoms. The van der Waals surface area contributed by atoms with Crippen molar-refractivity contribution < 1.29 is 4.74 Å². The summed E-state index contributed by atoms with van der Waals surface area (Å²) in [6.45, 7) is 10.9. The van der Waals surface area contributed by atoms with E-state index in [9.17, 15) is 0 Å². The van der Waals surface area contributed by atoms with Crippen LogP contribution in [0.3, 0.4) is 0 Å². The second-order valence-corrected chi connectivity index (χ2v) is 5.24. The Balaban J connectivity index is 2.07.